The standard InChI is InChI=1S/C25H23N3O3/c1-4-17-9-8-12-19(13-17)22(18-10-6-5-7-11-18)20-15-27(16(2)3)25(31)23-24(30)21(29)14-26-28(20)23/h1,5-14,16,20,22,30H,15H2,2-3H3. The molecule has 4 rings (SSSR count). The van der Waals surface area contributed by atoms with Gasteiger partial charge in [0.05, 0.1) is 12.2 Å². The lowest BCUT2D eigenvalue weighted by Crippen LogP contribution is -2.49. The van der Waals surface area contributed by atoms with Crippen LogP contribution in [0.2, 0.25) is 0 Å². The van der Waals surface area contributed by atoms with E-state index in [0.29, 0.717) is 6.54 Å². The molecule has 0 fully saturated rings. The van der Waals surface area contributed by atoms with E-state index in [-0.39, 0.29) is 23.7 Å². The molecule has 1 N–H and O–H groups in total. The minimum Gasteiger partial charge on any atom is -0.502 e. The zero-order valence-corrected chi connectivity index (χ0v) is 17.4. The minimum atomic E-state index is -0.672. The zero-order chi connectivity index (χ0) is 22.1. The number of benzene rings is 2. The van der Waals surface area contributed by atoms with Crippen molar-refractivity contribution in [2.75, 3.05) is 6.54 Å². The van der Waals surface area contributed by atoms with Crippen molar-refractivity contribution in [3.8, 4) is 18.1 Å². The van der Waals surface area contributed by atoms with E-state index in [4.69, 9.17) is 6.42 Å². The molecule has 0 bridgehead atoms. The van der Waals surface area contributed by atoms with Crippen LogP contribution in [0.15, 0.2) is 65.6 Å². The highest BCUT2D eigenvalue weighted by atomic mass is 16.3. The van der Waals surface area contributed by atoms with Gasteiger partial charge in [-0.15, -0.1) is 6.42 Å². The van der Waals surface area contributed by atoms with Gasteiger partial charge in [-0.25, -0.2) is 0 Å². The van der Waals surface area contributed by atoms with Crippen molar-refractivity contribution in [2.45, 2.75) is 31.8 Å². The summed E-state index contributed by atoms with van der Waals surface area (Å²) in [6.07, 6.45) is 6.70. The lowest BCUT2D eigenvalue weighted by atomic mass is 9.83. The summed E-state index contributed by atoms with van der Waals surface area (Å²) in [7, 11) is 0. The Morgan fingerprint density at radius 3 is 2.48 bits per heavy atom. The van der Waals surface area contributed by atoms with E-state index in [9.17, 15) is 14.7 Å². The maximum atomic E-state index is 13.1. The molecule has 0 aliphatic carbocycles. The molecule has 0 saturated heterocycles. The third kappa shape index (κ3) is 3.59. The van der Waals surface area contributed by atoms with Crippen molar-refractivity contribution in [2.24, 2.45) is 0 Å². The number of fused-ring (bicyclic) bond motifs is 1. The Morgan fingerprint density at radius 1 is 1.10 bits per heavy atom. The maximum absolute atomic E-state index is 13.1. The van der Waals surface area contributed by atoms with E-state index in [0.717, 1.165) is 22.9 Å². The van der Waals surface area contributed by atoms with Crippen LogP contribution < -0.4 is 5.43 Å². The molecule has 6 nitrogen and oxygen atoms in total. The van der Waals surface area contributed by atoms with Crippen LogP contribution in [0.1, 0.15) is 53.0 Å². The summed E-state index contributed by atoms with van der Waals surface area (Å²) < 4.78 is 1.50. The molecule has 0 radical (unpaired) electrons. The largest absolute Gasteiger partial charge is 0.502 e. The second-order valence-electron chi connectivity index (χ2n) is 7.93. The van der Waals surface area contributed by atoms with Crippen LogP contribution in [0, 0.1) is 12.3 Å². The van der Waals surface area contributed by atoms with Gasteiger partial charge in [-0.2, -0.15) is 5.10 Å². The summed E-state index contributed by atoms with van der Waals surface area (Å²) >= 11 is 0. The van der Waals surface area contributed by atoms with Crippen LogP contribution in [0.3, 0.4) is 0 Å². The Hall–Kier alpha value is -3.85. The second-order valence-corrected chi connectivity index (χ2v) is 7.93. The third-order valence-corrected chi connectivity index (χ3v) is 5.73. The number of hydrogen-bond acceptors (Lipinski definition) is 4. The van der Waals surface area contributed by atoms with Gasteiger partial charge < -0.3 is 10.0 Å². The monoisotopic (exact) mass is 413 g/mol. The molecular formula is C25H23N3O3. The van der Waals surface area contributed by atoms with E-state index in [2.05, 4.69) is 11.0 Å². The molecule has 3 aromatic rings. The van der Waals surface area contributed by atoms with Gasteiger partial charge in [0.15, 0.2) is 11.4 Å². The summed E-state index contributed by atoms with van der Waals surface area (Å²) in [4.78, 5) is 26.9. The normalized spacial score (nSPS) is 16.6. The molecule has 156 valence electrons. The van der Waals surface area contributed by atoms with Crippen LogP contribution in [0.4, 0.5) is 0 Å². The third-order valence-electron chi connectivity index (χ3n) is 5.73. The SMILES string of the molecule is C#Cc1cccc(C(c2ccccc2)C2CN(C(C)C)C(=O)c3c(O)c(=O)cnn32)c1. The molecule has 1 aliphatic heterocycles. The highest BCUT2D eigenvalue weighted by Crippen LogP contribution is 2.39. The molecule has 2 aromatic carbocycles. The molecule has 0 spiro atoms. The number of carbonyl (C=O) groups is 1. The molecule has 1 aromatic heterocycles. The number of rotatable bonds is 4. The van der Waals surface area contributed by atoms with E-state index >= 15 is 0 Å². The van der Waals surface area contributed by atoms with Crippen molar-refractivity contribution < 1.29 is 9.90 Å². The zero-order valence-electron chi connectivity index (χ0n) is 17.4. The van der Waals surface area contributed by atoms with Gasteiger partial charge in [0.2, 0.25) is 5.43 Å². The smallest absolute Gasteiger partial charge is 0.276 e. The fourth-order valence-electron chi connectivity index (χ4n) is 4.22. The Morgan fingerprint density at radius 2 is 1.81 bits per heavy atom. The van der Waals surface area contributed by atoms with Crippen molar-refractivity contribution in [3.63, 3.8) is 0 Å². The van der Waals surface area contributed by atoms with Gasteiger partial charge >= 0.3 is 0 Å². The van der Waals surface area contributed by atoms with Crippen LogP contribution in [-0.2, 0) is 0 Å². The number of nitrogens with zero attached hydrogens (tertiary/aromatic N) is 3. The summed E-state index contributed by atoms with van der Waals surface area (Å²) in [5.41, 5.74) is 1.99. The molecule has 1 amide bonds. The van der Waals surface area contributed by atoms with E-state index in [1.807, 2.05) is 68.4 Å². The first-order valence-electron chi connectivity index (χ1n) is 10.2. The molecular weight excluding hydrogens is 390 g/mol. The molecule has 2 unspecified atom stereocenters. The summed E-state index contributed by atoms with van der Waals surface area (Å²) in [5.74, 6) is 1.49. The lowest BCUT2D eigenvalue weighted by molar-refractivity contribution is 0.0570. The number of amides is 1. The fourth-order valence-corrected chi connectivity index (χ4v) is 4.22. The predicted molar refractivity (Wildman–Crippen MR) is 118 cm³/mol. The Labute approximate surface area is 180 Å². The van der Waals surface area contributed by atoms with Gasteiger partial charge in [-0.05, 0) is 37.1 Å². The first-order chi connectivity index (χ1) is 14.9. The van der Waals surface area contributed by atoms with Crippen LogP contribution in [-0.4, -0.2) is 38.3 Å². The Kier molecular flexibility index (Phi) is 5.35. The topological polar surface area (TPSA) is 75.4 Å². The molecule has 2 heterocycles. The first-order valence-corrected chi connectivity index (χ1v) is 10.2. The Balaban J connectivity index is 1.97. The van der Waals surface area contributed by atoms with E-state index < -0.39 is 17.1 Å². The highest BCUT2D eigenvalue weighted by Gasteiger charge is 2.40. The molecule has 0 saturated carbocycles. The molecule has 31 heavy (non-hydrogen) atoms. The Bertz CT molecular complexity index is 1220. The molecule has 6 heteroatoms. The van der Waals surface area contributed by atoms with Crippen LogP contribution in [0.5, 0.6) is 5.75 Å². The highest BCUT2D eigenvalue weighted by molar-refractivity contribution is 5.96. The van der Waals surface area contributed by atoms with E-state index in [1.165, 1.54) is 4.68 Å². The molecule has 1 aliphatic rings. The number of aromatic hydroxyl groups is 1. The number of terminal acetylenes is 1. The lowest BCUT2D eigenvalue weighted by Gasteiger charge is -2.41. The summed E-state index contributed by atoms with van der Waals surface area (Å²) in [6.45, 7) is 4.19. The summed E-state index contributed by atoms with van der Waals surface area (Å²) in [5, 5.41) is 14.8. The predicted octanol–water partition coefficient (Wildman–Crippen LogP) is 3.17. The second kappa shape index (κ2) is 8.11. The quantitative estimate of drug-likeness (QED) is 0.667. The first kappa shape index (κ1) is 20.4. The number of carbonyl (C=O) groups excluding carboxylic acids is 1. The minimum absolute atomic E-state index is 0.0773. The van der Waals surface area contributed by atoms with Gasteiger partial charge in [-0.1, -0.05) is 48.4 Å². The average Bonchev–Trinajstić information content (AvgIpc) is 2.78. The van der Waals surface area contributed by atoms with Crippen molar-refractivity contribution in [3.05, 3.63) is 93.4 Å². The maximum Gasteiger partial charge on any atom is 0.276 e. The fraction of sp³-hybridized carbons (Fsp3) is 0.240. The van der Waals surface area contributed by atoms with Crippen molar-refractivity contribution in [1.82, 2.24) is 14.7 Å². The number of hydrogen-bond donors (Lipinski definition) is 1. The average molecular weight is 413 g/mol. The van der Waals surface area contributed by atoms with Crippen molar-refractivity contribution >= 4 is 5.91 Å². The van der Waals surface area contributed by atoms with Gasteiger partial charge in [0.25, 0.3) is 5.91 Å². The van der Waals surface area contributed by atoms with Crippen LogP contribution >= 0.6 is 0 Å². The van der Waals surface area contributed by atoms with Gasteiger partial charge in [0, 0.05) is 24.1 Å². The number of aromatic nitrogens is 2. The van der Waals surface area contributed by atoms with Gasteiger partial charge in [0.1, 0.15) is 0 Å². The van der Waals surface area contributed by atoms with Gasteiger partial charge in [-0.3, -0.25) is 14.3 Å². The summed E-state index contributed by atoms with van der Waals surface area (Å²) in [6, 6.07) is 17.2. The molecule has 2 atom stereocenters. The van der Waals surface area contributed by atoms with Crippen LogP contribution in [0.25, 0.3) is 0 Å². The van der Waals surface area contributed by atoms with Crippen molar-refractivity contribution in [1.29, 1.82) is 0 Å². The van der Waals surface area contributed by atoms with E-state index in [1.54, 1.807) is 4.90 Å².